The molecule has 0 radical (unpaired) electrons. The van der Waals surface area contributed by atoms with Gasteiger partial charge in [-0.1, -0.05) is 30.7 Å². The summed E-state index contributed by atoms with van der Waals surface area (Å²) in [7, 11) is 0. The van der Waals surface area contributed by atoms with Crippen LogP contribution in [0.1, 0.15) is 25.8 Å². The Bertz CT molecular complexity index is 577. The van der Waals surface area contributed by atoms with Gasteiger partial charge >= 0.3 is 12.0 Å². The fraction of sp³-hybridized carbons (Fsp3) is 0.400. The largest absolute Gasteiger partial charge is 0.480 e. The van der Waals surface area contributed by atoms with Crippen molar-refractivity contribution in [2.45, 2.75) is 32.4 Å². The summed E-state index contributed by atoms with van der Waals surface area (Å²) >= 11 is 5.76. The third kappa shape index (κ3) is 6.15. The highest BCUT2D eigenvalue weighted by molar-refractivity contribution is 6.30. The summed E-state index contributed by atoms with van der Waals surface area (Å²) in [6, 6.07) is 6.44. The molecule has 1 aromatic rings. The van der Waals surface area contributed by atoms with Gasteiger partial charge in [-0.15, -0.1) is 0 Å². The number of urea groups is 1. The Morgan fingerprint density at radius 1 is 1.17 bits per heavy atom. The lowest BCUT2D eigenvalue weighted by molar-refractivity contribution is -0.146. The summed E-state index contributed by atoms with van der Waals surface area (Å²) in [5, 5.41) is 17.0. The van der Waals surface area contributed by atoms with Gasteiger partial charge in [-0.3, -0.25) is 4.79 Å². The van der Waals surface area contributed by atoms with Crippen molar-refractivity contribution in [3.63, 3.8) is 0 Å². The molecule has 7 nitrogen and oxygen atoms in total. The molecule has 1 atom stereocenters. The average Bonchev–Trinajstić information content (AvgIpc) is 2.52. The van der Waals surface area contributed by atoms with Crippen LogP contribution in [0.4, 0.5) is 4.79 Å². The van der Waals surface area contributed by atoms with Crippen molar-refractivity contribution in [2.75, 3.05) is 6.54 Å². The zero-order chi connectivity index (χ0) is 17.5. The Kier molecular flexibility index (Phi) is 6.84. The molecule has 126 valence electrons. The van der Waals surface area contributed by atoms with Crippen LogP contribution in [0.3, 0.4) is 0 Å². The van der Waals surface area contributed by atoms with Crippen LogP contribution in [0.5, 0.6) is 0 Å². The van der Waals surface area contributed by atoms with Crippen molar-refractivity contribution >= 4 is 29.5 Å². The number of rotatable bonds is 7. The highest BCUT2D eigenvalue weighted by atomic mass is 35.5. The van der Waals surface area contributed by atoms with Crippen molar-refractivity contribution in [2.24, 2.45) is 0 Å². The fourth-order valence-corrected chi connectivity index (χ4v) is 1.78. The molecule has 1 rings (SSSR count). The second kappa shape index (κ2) is 8.38. The van der Waals surface area contributed by atoms with Crippen LogP contribution in [0.2, 0.25) is 5.02 Å². The van der Waals surface area contributed by atoms with Gasteiger partial charge in [-0.05, 0) is 31.0 Å². The predicted octanol–water partition coefficient (Wildman–Crippen LogP) is 1.51. The first-order chi connectivity index (χ1) is 10.8. The molecule has 3 amide bonds. The highest BCUT2D eigenvalue weighted by Gasteiger charge is 2.32. The number of amides is 3. The fourth-order valence-electron chi connectivity index (χ4n) is 1.65. The SMILES string of the molecule is CCC(C)(NC(=O)CNC(=O)NCc1ccc(Cl)cc1)C(=O)O. The van der Waals surface area contributed by atoms with Gasteiger partial charge in [0.1, 0.15) is 5.54 Å². The molecule has 4 N–H and O–H groups in total. The first-order valence-electron chi connectivity index (χ1n) is 7.07. The van der Waals surface area contributed by atoms with E-state index in [2.05, 4.69) is 16.0 Å². The molecule has 1 aromatic carbocycles. The minimum absolute atomic E-state index is 0.233. The monoisotopic (exact) mass is 341 g/mol. The molecule has 0 aliphatic heterocycles. The number of nitrogens with one attached hydrogen (secondary N) is 3. The maximum atomic E-state index is 11.7. The second-order valence-electron chi connectivity index (χ2n) is 5.20. The molecule has 0 aromatic heterocycles. The van der Waals surface area contributed by atoms with E-state index in [1.54, 1.807) is 31.2 Å². The summed E-state index contributed by atoms with van der Waals surface area (Å²) in [6.45, 7) is 3.04. The minimum atomic E-state index is -1.35. The van der Waals surface area contributed by atoms with Crippen LogP contribution in [0.25, 0.3) is 0 Å². The molecule has 0 saturated heterocycles. The van der Waals surface area contributed by atoms with E-state index in [9.17, 15) is 14.4 Å². The first kappa shape index (κ1) is 18.8. The van der Waals surface area contributed by atoms with Gasteiger partial charge in [0.15, 0.2) is 0 Å². The van der Waals surface area contributed by atoms with E-state index in [4.69, 9.17) is 16.7 Å². The first-order valence-corrected chi connectivity index (χ1v) is 7.45. The number of aliphatic carboxylic acids is 1. The van der Waals surface area contributed by atoms with E-state index in [1.165, 1.54) is 6.92 Å². The summed E-state index contributed by atoms with van der Waals surface area (Å²) in [5.41, 5.74) is -0.489. The van der Waals surface area contributed by atoms with Crippen LogP contribution < -0.4 is 16.0 Å². The van der Waals surface area contributed by atoms with Gasteiger partial charge in [0.25, 0.3) is 0 Å². The lowest BCUT2D eigenvalue weighted by Crippen LogP contribution is -2.54. The molecule has 0 aliphatic carbocycles. The number of carboxylic acid groups (broad SMARTS) is 1. The van der Waals surface area contributed by atoms with E-state index in [1.807, 2.05) is 0 Å². The van der Waals surface area contributed by atoms with E-state index in [-0.39, 0.29) is 19.5 Å². The topological polar surface area (TPSA) is 108 Å². The summed E-state index contributed by atoms with van der Waals surface area (Å²) < 4.78 is 0. The zero-order valence-electron chi connectivity index (χ0n) is 13.0. The molecule has 0 bridgehead atoms. The van der Waals surface area contributed by atoms with Gasteiger partial charge in [0.2, 0.25) is 5.91 Å². The Morgan fingerprint density at radius 3 is 2.30 bits per heavy atom. The lowest BCUT2D eigenvalue weighted by Gasteiger charge is -2.24. The van der Waals surface area contributed by atoms with E-state index in [0.717, 1.165) is 5.56 Å². The summed E-state index contributed by atoms with van der Waals surface area (Å²) in [4.78, 5) is 34.4. The highest BCUT2D eigenvalue weighted by Crippen LogP contribution is 2.09. The molecule has 8 heteroatoms. The van der Waals surface area contributed by atoms with Crippen LogP contribution in [-0.4, -0.2) is 35.1 Å². The number of carbonyl (C=O) groups excluding carboxylic acids is 2. The van der Waals surface area contributed by atoms with Crippen molar-refractivity contribution < 1.29 is 19.5 Å². The van der Waals surface area contributed by atoms with E-state index < -0.39 is 23.4 Å². The zero-order valence-corrected chi connectivity index (χ0v) is 13.7. The van der Waals surface area contributed by atoms with Crippen molar-refractivity contribution in [3.05, 3.63) is 34.9 Å². The molecule has 1 unspecified atom stereocenters. The summed E-state index contributed by atoms with van der Waals surface area (Å²) in [5.74, 6) is -1.70. The van der Waals surface area contributed by atoms with Crippen molar-refractivity contribution in [1.82, 2.24) is 16.0 Å². The van der Waals surface area contributed by atoms with Gasteiger partial charge in [-0.25, -0.2) is 9.59 Å². The third-order valence-electron chi connectivity index (χ3n) is 3.37. The van der Waals surface area contributed by atoms with Gasteiger partial charge in [-0.2, -0.15) is 0 Å². The van der Waals surface area contributed by atoms with Crippen molar-refractivity contribution in [1.29, 1.82) is 0 Å². The Morgan fingerprint density at radius 2 is 1.78 bits per heavy atom. The summed E-state index contributed by atoms with van der Waals surface area (Å²) in [6.07, 6.45) is 0.233. The van der Waals surface area contributed by atoms with E-state index >= 15 is 0 Å². The quantitative estimate of drug-likeness (QED) is 0.603. The Balaban J connectivity index is 2.36. The van der Waals surface area contributed by atoms with Gasteiger partial charge in [0.05, 0.1) is 6.54 Å². The lowest BCUT2D eigenvalue weighted by atomic mass is 9.99. The maximum absolute atomic E-state index is 11.7. The van der Waals surface area contributed by atoms with E-state index in [0.29, 0.717) is 5.02 Å². The molecular formula is C15H20ClN3O4. The van der Waals surface area contributed by atoms with Gasteiger partial charge < -0.3 is 21.1 Å². The molecule has 23 heavy (non-hydrogen) atoms. The molecule has 0 heterocycles. The van der Waals surface area contributed by atoms with Crippen LogP contribution in [-0.2, 0) is 16.1 Å². The average molecular weight is 342 g/mol. The molecule has 0 saturated carbocycles. The maximum Gasteiger partial charge on any atom is 0.329 e. The number of hydrogen-bond donors (Lipinski definition) is 4. The minimum Gasteiger partial charge on any atom is -0.480 e. The molecule has 0 aliphatic rings. The van der Waals surface area contributed by atoms with Crippen LogP contribution in [0, 0.1) is 0 Å². The molecule has 0 spiro atoms. The third-order valence-corrected chi connectivity index (χ3v) is 3.62. The van der Waals surface area contributed by atoms with Crippen LogP contribution in [0.15, 0.2) is 24.3 Å². The van der Waals surface area contributed by atoms with Crippen molar-refractivity contribution in [3.8, 4) is 0 Å². The number of carboxylic acids is 1. The molecule has 0 fully saturated rings. The van der Waals surface area contributed by atoms with Gasteiger partial charge in [0, 0.05) is 11.6 Å². The molecular weight excluding hydrogens is 322 g/mol. The number of benzene rings is 1. The normalized spacial score (nSPS) is 12.8. The van der Waals surface area contributed by atoms with Crippen LogP contribution >= 0.6 is 11.6 Å². The Labute approximate surface area is 139 Å². The predicted molar refractivity (Wildman–Crippen MR) is 86.2 cm³/mol. The number of carbonyl (C=O) groups is 3. The Hall–Kier alpha value is -2.28. The second-order valence-corrected chi connectivity index (χ2v) is 5.64. The number of halogens is 1. The standard InChI is InChI=1S/C15H20ClN3O4/c1-3-15(2,13(21)22)19-12(20)9-18-14(23)17-8-10-4-6-11(16)7-5-10/h4-7H,3,8-9H2,1-2H3,(H,19,20)(H,21,22)(H2,17,18,23). The number of hydrogen-bond acceptors (Lipinski definition) is 3. The smallest absolute Gasteiger partial charge is 0.329 e.